The first-order valence-electron chi connectivity index (χ1n) is 8.37. The van der Waals surface area contributed by atoms with Crippen LogP contribution < -0.4 is 15.5 Å². The number of thiophene rings is 1. The van der Waals surface area contributed by atoms with Crippen molar-refractivity contribution in [1.29, 1.82) is 0 Å². The zero-order chi connectivity index (χ0) is 21.5. The normalized spacial score (nSPS) is 10.6. The van der Waals surface area contributed by atoms with Crippen molar-refractivity contribution in [2.24, 2.45) is 5.10 Å². The molecule has 10 heteroatoms. The number of esters is 1. The molecule has 2 amide bonds. The molecule has 7 nitrogen and oxygen atoms in total. The summed E-state index contributed by atoms with van der Waals surface area (Å²) in [6.07, 6.45) is 1.34. The van der Waals surface area contributed by atoms with Crippen LogP contribution >= 0.6 is 34.5 Å². The third kappa shape index (κ3) is 5.90. The predicted molar refractivity (Wildman–Crippen MR) is 117 cm³/mol. The standard InChI is InChI=1S/C20H13Cl2N3O4S/c21-15-8-5-13(10-16(15)22)24-18(26)19(27)25-23-11-12-3-6-14(7-4-12)29-20(28)17-2-1-9-30-17/h1-11H,(H,24,26)(H,25,27). The number of nitrogens with one attached hydrogen (secondary N) is 2. The Balaban J connectivity index is 1.50. The number of rotatable bonds is 5. The van der Waals surface area contributed by atoms with Crippen LogP contribution in [0.1, 0.15) is 15.2 Å². The molecule has 0 saturated heterocycles. The average molecular weight is 462 g/mol. The van der Waals surface area contributed by atoms with Gasteiger partial charge in [-0.25, -0.2) is 10.2 Å². The fourth-order valence-corrected chi connectivity index (χ4v) is 3.05. The van der Waals surface area contributed by atoms with Crippen molar-refractivity contribution in [3.8, 4) is 5.75 Å². The average Bonchev–Trinajstić information content (AvgIpc) is 3.27. The molecule has 0 unspecified atom stereocenters. The van der Waals surface area contributed by atoms with Gasteiger partial charge in [0.05, 0.1) is 16.3 Å². The van der Waals surface area contributed by atoms with Crippen LogP contribution in [0.15, 0.2) is 65.1 Å². The molecule has 0 radical (unpaired) electrons. The van der Waals surface area contributed by atoms with Gasteiger partial charge in [0.25, 0.3) is 0 Å². The van der Waals surface area contributed by atoms with E-state index in [2.05, 4.69) is 15.8 Å². The molecule has 0 aliphatic heterocycles. The van der Waals surface area contributed by atoms with E-state index in [-0.39, 0.29) is 5.02 Å². The van der Waals surface area contributed by atoms with Gasteiger partial charge in [-0.2, -0.15) is 5.10 Å². The fourth-order valence-electron chi connectivity index (χ4n) is 2.15. The topological polar surface area (TPSA) is 96.9 Å². The molecular formula is C20H13Cl2N3O4S. The molecule has 0 bridgehead atoms. The molecule has 0 atom stereocenters. The van der Waals surface area contributed by atoms with Gasteiger partial charge in [-0.15, -0.1) is 11.3 Å². The molecule has 1 aromatic heterocycles. The highest BCUT2D eigenvalue weighted by Crippen LogP contribution is 2.24. The van der Waals surface area contributed by atoms with E-state index in [9.17, 15) is 14.4 Å². The Morgan fingerprint density at radius 1 is 0.967 bits per heavy atom. The largest absolute Gasteiger partial charge is 0.422 e. The lowest BCUT2D eigenvalue weighted by Gasteiger charge is -2.05. The first-order chi connectivity index (χ1) is 14.4. The number of nitrogens with zero attached hydrogens (tertiary/aromatic N) is 1. The lowest BCUT2D eigenvalue weighted by Crippen LogP contribution is -2.32. The van der Waals surface area contributed by atoms with Crippen LogP contribution in [0.5, 0.6) is 5.75 Å². The zero-order valence-corrected chi connectivity index (χ0v) is 17.4. The maximum atomic E-state index is 11.9. The molecular weight excluding hydrogens is 449 g/mol. The van der Waals surface area contributed by atoms with Crippen molar-refractivity contribution in [3.05, 3.63) is 80.5 Å². The number of carbonyl (C=O) groups excluding carboxylic acids is 3. The molecule has 0 aliphatic rings. The van der Waals surface area contributed by atoms with E-state index in [0.717, 1.165) is 0 Å². The van der Waals surface area contributed by atoms with Gasteiger partial charge in [-0.3, -0.25) is 9.59 Å². The monoisotopic (exact) mass is 461 g/mol. The number of halogens is 2. The van der Waals surface area contributed by atoms with E-state index < -0.39 is 17.8 Å². The summed E-state index contributed by atoms with van der Waals surface area (Å²) in [5.41, 5.74) is 3.06. The Labute approximate surface area is 185 Å². The van der Waals surface area contributed by atoms with Crippen LogP contribution in [-0.4, -0.2) is 24.0 Å². The maximum Gasteiger partial charge on any atom is 0.353 e. The minimum absolute atomic E-state index is 0.248. The van der Waals surface area contributed by atoms with Gasteiger partial charge in [-0.1, -0.05) is 29.3 Å². The highest BCUT2D eigenvalue weighted by molar-refractivity contribution is 7.12. The summed E-state index contributed by atoms with van der Waals surface area (Å²) >= 11 is 12.9. The number of hydrogen-bond acceptors (Lipinski definition) is 6. The van der Waals surface area contributed by atoms with Crippen molar-refractivity contribution >= 4 is 64.2 Å². The summed E-state index contributed by atoms with van der Waals surface area (Å²) in [6, 6.07) is 14.3. The van der Waals surface area contributed by atoms with Crippen molar-refractivity contribution in [3.63, 3.8) is 0 Å². The number of benzene rings is 2. The molecule has 1 heterocycles. The molecule has 0 saturated carbocycles. The minimum Gasteiger partial charge on any atom is -0.422 e. The van der Waals surface area contributed by atoms with Crippen molar-refractivity contribution in [2.45, 2.75) is 0 Å². The summed E-state index contributed by atoms with van der Waals surface area (Å²) in [6.45, 7) is 0. The van der Waals surface area contributed by atoms with Gasteiger partial charge < -0.3 is 10.1 Å². The van der Waals surface area contributed by atoms with Crippen LogP contribution in [0, 0.1) is 0 Å². The SMILES string of the molecule is O=C(NN=Cc1ccc(OC(=O)c2cccs2)cc1)C(=O)Nc1ccc(Cl)c(Cl)c1. The van der Waals surface area contributed by atoms with Crippen molar-refractivity contribution in [1.82, 2.24) is 5.43 Å². The lowest BCUT2D eigenvalue weighted by molar-refractivity contribution is -0.136. The predicted octanol–water partition coefficient (Wildman–Crippen LogP) is 4.36. The van der Waals surface area contributed by atoms with Crippen LogP contribution in [0.4, 0.5) is 5.69 Å². The Morgan fingerprint density at radius 3 is 2.40 bits per heavy atom. The lowest BCUT2D eigenvalue weighted by atomic mass is 10.2. The van der Waals surface area contributed by atoms with Crippen LogP contribution in [0.2, 0.25) is 10.0 Å². The van der Waals surface area contributed by atoms with Crippen LogP contribution in [-0.2, 0) is 9.59 Å². The number of ether oxygens (including phenoxy) is 1. The highest BCUT2D eigenvalue weighted by Gasteiger charge is 2.13. The first kappa shape index (κ1) is 21.5. The summed E-state index contributed by atoms with van der Waals surface area (Å²) in [7, 11) is 0. The van der Waals surface area contributed by atoms with Gasteiger partial charge in [0.2, 0.25) is 0 Å². The van der Waals surface area contributed by atoms with Crippen molar-refractivity contribution in [2.75, 3.05) is 5.32 Å². The maximum absolute atomic E-state index is 11.9. The number of amides is 2. The molecule has 2 aromatic carbocycles. The third-order valence-corrected chi connectivity index (χ3v) is 5.17. The number of hydrogen-bond donors (Lipinski definition) is 2. The van der Waals surface area contributed by atoms with E-state index in [1.54, 1.807) is 41.8 Å². The summed E-state index contributed by atoms with van der Waals surface area (Å²) in [4.78, 5) is 36.1. The highest BCUT2D eigenvalue weighted by atomic mass is 35.5. The summed E-state index contributed by atoms with van der Waals surface area (Å²) in [5, 5.41) is 8.47. The van der Waals surface area contributed by atoms with Gasteiger partial charge in [-0.05, 0) is 59.5 Å². The van der Waals surface area contributed by atoms with E-state index in [1.807, 2.05) is 0 Å². The quantitative estimate of drug-likeness (QED) is 0.194. The Hall–Kier alpha value is -3.20. The summed E-state index contributed by atoms with van der Waals surface area (Å²) < 4.78 is 5.25. The first-order valence-corrected chi connectivity index (χ1v) is 10.0. The number of carbonyl (C=O) groups is 3. The fraction of sp³-hybridized carbons (Fsp3) is 0. The minimum atomic E-state index is -0.959. The molecule has 0 fully saturated rings. The molecule has 0 aliphatic carbocycles. The zero-order valence-electron chi connectivity index (χ0n) is 15.1. The van der Waals surface area contributed by atoms with Crippen LogP contribution in [0.25, 0.3) is 0 Å². The molecule has 3 aromatic rings. The Kier molecular flexibility index (Phi) is 7.18. The second-order valence-electron chi connectivity index (χ2n) is 5.72. The van der Waals surface area contributed by atoms with Gasteiger partial charge in [0, 0.05) is 5.69 Å². The van der Waals surface area contributed by atoms with Crippen LogP contribution in [0.3, 0.4) is 0 Å². The van der Waals surface area contributed by atoms with E-state index in [0.29, 0.717) is 26.9 Å². The molecule has 3 rings (SSSR count). The second kappa shape index (κ2) is 10.0. The Bertz CT molecular complexity index is 1100. The smallest absolute Gasteiger partial charge is 0.353 e. The second-order valence-corrected chi connectivity index (χ2v) is 7.48. The molecule has 152 valence electrons. The van der Waals surface area contributed by atoms with Gasteiger partial charge in [0.1, 0.15) is 10.6 Å². The van der Waals surface area contributed by atoms with E-state index in [1.165, 1.54) is 35.8 Å². The summed E-state index contributed by atoms with van der Waals surface area (Å²) in [5.74, 6) is -1.94. The molecule has 0 spiro atoms. The number of hydrazone groups is 1. The van der Waals surface area contributed by atoms with Gasteiger partial charge in [0.15, 0.2) is 0 Å². The van der Waals surface area contributed by atoms with Crippen molar-refractivity contribution < 1.29 is 19.1 Å². The number of anilines is 1. The molecule has 30 heavy (non-hydrogen) atoms. The van der Waals surface area contributed by atoms with E-state index >= 15 is 0 Å². The third-order valence-electron chi connectivity index (χ3n) is 3.58. The molecule has 2 N–H and O–H groups in total. The van der Waals surface area contributed by atoms with E-state index in [4.69, 9.17) is 27.9 Å². The van der Waals surface area contributed by atoms with Gasteiger partial charge >= 0.3 is 17.8 Å². The Morgan fingerprint density at radius 2 is 1.73 bits per heavy atom.